The highest BCUT2D eigenvalue weighted by molar-refractivity contribution is 5.49. The largest absolute Gasteiger partial charge is 0.496 e. The average Bonchev–Trinajstić information content (AvgIpc) is 2.78. The van der Waals surface area contributed by atoms with Crippen molar-refractivity contribution in [1.82, 2.24) is 4.90 Å². The summed E-state index contributed by atoms with van der Waals surface area (Å²) in [6.07, 6.45) is -1.64. The van der Waals surface area contributed by atoms with E-state index in [-0.39, 0.29) is 11.6 Å². The number of alkyl halides is 2. The van der Waals surface area contributed by atoms with Gasteiger partial charge < -0.3 is 10.5 Å². The Morgan fingerprint density at radius 1 is 1.45 bits per heavy atom. The third-order valence-electron chi connectivity index (χ3n) is 4.19. The van der Waals surface area contributed by atoms with Crippen molar-refractivity contribution in [3.05, 3.63) is 28.8 Å². The van der Waals surface area contributed by atoms with Crippen LogP contribution in [-0.4, -0.2) is 32.1 Å². The van der Waals surface area contributed by atoms with Crippen LogP contribution < -0.4 is 10.5 Å². The van der Waals surface area contributed by atoms with Crippen LogP contribution in [0.25, 0.3) is 0 Å². The number of ether oxygens (including phenoxy) is 1. The molecule has 1 fully saturated rings. The van der Waals surface area contributed by atoms with Gasteiger partial charge in [-0.05, 0) is 44.5 Å². The fraction of sp³-hybridized carbons (Fsp3) is 0.600. The molecular weight excluding hydrogens is 262 g/mol. The maximum Gasteiger partial charge on any atom is 0.267 e. The van der Waals surface area contributed by atoms with Crippen LogP contribution in [0.1, 0.15) is 35.6 Å². The van der Waals surface area contributed by atoms with Gasteiger partial charge in [-0.25, -0.2) is 8.78 Å². The van der Waals surface area contributed by atoms with Gasteiger partial charge in [0.15, 0.2) is 0 Å². The second-order valence-corrected chi connectivity index (χ2v) is 5.51. The average molecular weight is 284 g/mol. The zero-order chi connectivity index (χ0) is 14.9. The fourth-order valence-electron chi connectivity index (χ4n) is 3.14. The highest BCUT2D eigenvalue weighted by Gasteiger charge is 2.34. The van der Waals surface area contributed by atoms with E-state index >= 15 is 0 Å². The number of nitrogens with zero attached hydrogens (tertiary/aromatic N) is 1. The lowest BCUT2D eigenvalue weighted by Crippen LogP contribution is -2.21. The molecule has 1 heterocycles. The molecule has 3 nitrogen and oxygen atoms in total. The van der Waals surface area contributed by atoms with Gasteiger partial charge in [-0.2, -0.15) is 0 Å². The summed E-state index contributed by atoms with van der Waals surface area (Å²) in [5, 5.41) is 0. The molecule has 2 rings (SSSR count). The molecule has 0 saturated carbocycles. The third-order valence-corrected chi connectivity index (χ3v) is 4.19. The monoisotopic (exact) mass is 284 g/mol. The first kappa shape index (κ1) is 15.2. The van der Waals surface area contributed by atoms with Crippen molar-refractivity contribution in [2.45, 2.75) is 25.8 Å². The number of aryl methyl sites for hydroxylation is 1. The molecule has 1 aliphatic heterocycles. The van der Waals surface area contributed by atoms with E-state index in [2.05, 4.69) is 4.90 Å². The molecule has 0 aliphatic carbocycles. The maximum absolute atomic E-state index is 13.1. The summed E-state index contributed by atoms with van der Waals surface area (Å²) < 4.78 is 31.6. The van der Waals surface area contributed by atoms with Gasteiger partial charge in [0.05, 0.1) is 12.7 Å². The number of hydrogen-bond acceptors (Lipinski definition) is 3. The van der Waals surface area contributed by atoms with Crippen LogP contribution in [0.5, 0.6) is 5.75 Å². The van der Waals surface area contributed by atoms with Gasteiger partial charge in [0, 0.05) is 18.2 Å². The minimum Gasteiger partial charge on any atom is -0.496 e. The van der Waals surface area contributed by atoms with Gasteiger partial charge in [0.25, 0.3) is 6.43 Å². The summed E-state index contributed by atoms with van der Waals surface area (Å²) >= 11 is 0. The highest BCUT2D eigenvalue weighted by Crippen LogP contribution is 2.43. The molecule has 1 saturated heterocycles. The number of rotatable bonds is 4. The molecule has 112 valence electrons. The summed E-state index contributed by atoms with van der Waals surface area (Å²) in [5.41, 5.74) is 7.58. The first-order valence-corrected chi connectivity index (χ1v) is 6.85. The minimum atomic E-state index is -2.53. The van der Waals surface area contributed by atoms with Crippen molar-refractivity contribution in [3.63, 3.8) is 0 Å². The van der Waals surface area contributed by atoms with Crippen LogP contribution in [0.4, 0.5) is 8.78 Å². The van der Waals surface area contributed by atoms with E-state index in [1.54, 1.807) is 6.07 Å². The van der Waals surface area contributed by atoms with E-state index in [9.17, 15) is 8.78 Å². The second-order valence-electron chi connectivity index (χ2n) is 5.51. The predicted octanol–water partition coefficient (Wildman–Crippen LogP) is 2.89. The van der Waals surface area contributed by atoms with Crippen LogP contribution in [0, 0.1) is 12.8 Å². The van der Waals surface area contributed by atoms with Gasteiger partial charge >= 0.3 is 0 Å². The smallest absolute Gasteiger partial charge is 0.267 e. The lowest BCUT2D eigenvalue weighted by molar-refractivity contribution is 0.146. The first-order chi connectivity index (χ1) is 9.49. The number of methoxy groups -OCH3 is 1. The molecule has 5 heteroatoms. The molecule has 20 heavy (non-hydrogen) atoms. The molecule has 1 aliphatic rings. The molecule has 0 aromatic heterocycles. The summed E-state index contributed by atoms with van der Waals surface area (Å²) in [5.74, 6) is 0.735. The third kappa shape index (κ3) is 2.65. The number of benzene rings is 1. The predicted molar refractivity (Wildman–Crippen MR) is 75.2 cm³/mol. The molecule has 1 aromatic rings. The summed E-state index contributed by atoms with van der Waals surface area (Å²) in [7, 11) is 3.47. The Labute approximate surface area is 118 Å². The normalized spacial score (nSPS) is 23.6. The van der Waals surface area contributed by atoms with Crippen molar-refractivity contribution in [2.24, 2.45) is 11.7 Å². The number of nitrogens with two attached hydrogens (primary N) is 1. The molecule has 2 atom stereocenters. The topological polar surface area (TPSA) is 38.5 Å². The number of likely N-dealkylation sites (tertiary alicyclic amines) is 1. The van der Waals surface area contributed by atoms with Crippen molar-refractivity contribution in [2.75, 3.05) is 27.2 Å². The van der Waals surface area contributed by atoms with Crippen LogP contribution >= 0.6 is 0 Å². The van der Waals surface area contributed by atoms with E-state index in [1.807, 2.05) is 14.0 Å². The van der Waals surface area contributed by atoms with Crippen molar-refractivity contribution in [3.8, 4) is 5.75 Å². The lowest BCUT2D eigenvalue weighted by atomic mass is 9.93. The van der Waals surface area contributed by atoms with Crippen LogP contribution in [0.2, 0.25) is 0 Å². The first-order valence-electron chi connectivity index (χ1n) is 6.85. The molecule has 2 unspecified atom stereocenters. The zero-order valence-corrected chi connectivity index (χ0v) is 12.2. The molecule has 0 spiro atoms. The Hall–Kier alpha value is -1.20. The van der Waals surface area contributed by atoms with Gasteiger partial charge in [-0.3, -0.25) is 4.90 Å². The Morgan fingerprint density at radius 2 is 2.15 bits per heavy atom. The number of hydrogen-bond donors (Lipinski definition) is 1. The van der Waals surface area contributed by atoms with Crippen LogP contribution in [-0.2, 0) is 0 Å². The van der Waals surface area contributed by atoms with Crippen LogP contribution in [0.15, 0.2) is 12.1 Å². The molecular formula is C15H22F2N2O. The summed E-state index contributed by atoms with van der Waals surface area (Å²) in [6, 6.07) is 3.30. The Kier molecular flexibility index (Phi) is 4.60. The molecule has 2 N–H and O–H groups in total. The van der Waals surface area contributed by atoms with E-state index in [0.29, 0.717) is 18.2 Å². The molecule has 0 amide bonds. The van der Waals surface area contributed by atoms with Crippen molar-refractivity contribution < 1.29 is 13.5 Å². The van der Waals surface area contributed by atoms with E-state index in [1.165, 1.54) is 13.2 Å². The zero-order valence-electron chi connectivity index (χ0n) is 12.2. The fourth-order valence-corrected chi connectivity index (χ4v) is 3.14. The van der Waals surface area contributed by atoms with E-state index < -0.39 is 6.43 Å². The lowest BCUT2D eigenvalue weighted by Gasteiger charge is -2.25. The van der Waals surface area contributed by atoms with Gasteiger partial charge in [0.1, 0.15) is 5.75 Å². The highest BCUT2D eigenvalue weighted by atomic mass is 19.3. The Morgan fingerprint density at radius 3 is 2.65 bits per heavy atom. The van der Waals surface area contributed by atoms with E-state index in [0.717, 1.165) is 24.1 Å². The second kappa shape index (κ2) is 6.06. The van der Waals surface area contributed by atoms with Gasteiger partial charge in [0.2, 0.25) is 0 Å². The van der Waals surface area contributed by atoms with E-state index in [4.69, 9.17) is 10.5 Å². The van der Waals surface area contributed by atoms with Gasteiger partial charge in [-0.15, -0.1) is 0 Å². The molecule has 0 radical (unpaired) electrons. The Balaban J connectivity index is 2.47. The van der Waals surface area contributed by atoms with Crippen molar-refractivity contribution >= 4 is 0 Å². The Bertz CT molecular complexity index is 479. The standard InChI is InChI=1S/C15H22F2N2O/c1-9-4-5-11(15(16)17)14(20-3)13(9)12-6-10(7-18)8-19(12)2/h4-5,10,12,15H,6-8,18H2,1-3H3. The quantitative estimate of drug-likeness (QED) is 0.924. The number of halogens is 2. The van der Waals surface area contributed by atoms with Crippen LogP contribution in [0.3, 0.4) is 0 Å². The maximum atomic E-state index is 13.1. The molecule has 1 aromatic carbocycles. The van der Waals surface area contributed by atoms with Gasteiger partial charge in [-0.1, -0.05) is 6.07 Å². The minimum absolute atomic E-state index is 0.0299. The summed E-state index contributed by atoms with van der Waals surface area (Å²) in [6.45, 7) is 3.45. The van der Waals surface area contributed by atoms with Crippen molar-refractivity contribution in [1.29, 1.82) is 0 Å². The SMILES string of the molecule is COc1c(C(F)F)ccc(C)c1C1CC(CN)CN1C. The molecule has 0 bridgehead atoms. The summed E-state index contributed by atoms with van der Waals surface area (Å²) in [4.78, 5) is 2.18.